The molecule has 0 fully saturated rings. The quantitative estimate of drug-likeness (QED) is 0.734. The van der Waals surface area contributed by atoms with E-state index in [1.165, 1.54) is 17.2 Å². The van der Waals surface area contributed by atoms with Crippen molar-refractivity contribution in [3.63, 3.8) is 0 Å². The molecule has 1 nitrogen and oxygen atoms in total. The van der Waals surface area contributed by atoms with E-state index in [0.717, 1.165) is 18.6 Å². The van der Waals surface area contributed by atoms with Crippen molar-refractivity contribution in [1.29, 1.82) is 0 Å². The summed E-state index contributed by atoms with van der Waals surface area (Å²) in [6, 6.07) is 13.1. The molecule has 2 aromatic carbocycles. The molecule has 3 heteroatoms. The number of benzene rings is 2. The fourth-order valence-corrected chi connectivity index (χ4v) is 3.27. The summed E-state index contributed by atoms with van der Waals surface area (Å²) in [5.41, 5.74) is 3.16. The minimum atomic E-state index is -0.186. The Balaban J connectivity index is 1.74. The van der Waals surface area contributed by atoms with Gasteiger partial charge in [0.15, 0.2) is 0 Å². The Morgan fingerprint density at radius 1 is 1.29 bits per heavy atom. The molecule has 0 N–H and O–H groups in total. The highest BCUT2D eigenvalue weighted by Crippen LogP contribution is 2.34. The van der Waals surface area contributed by atoms with E-state index >= 15 is 0 Å². The van der Waals surface area contributed by atoms with Crippen LogP contribution in [0.3, 0.4) is 0 Å². The maximum atomic E-state index is 13.9. The zero-order valence-corrected chi connectivity index (χ0v) is 12.7. The van der Waals surface area contributed by atoms with Crippen LogP contribution in [0.15, 0.2) is 42.5 Å². The maximum Gasteiger partial charge on any atom is 0.126 e. The molecule has 0 saturated heterocycles. The number of alkyl halides is 1. The lowest BCUT2D eigenvalue weighted by molar-refractivity contribution is 0.212. The maximum absolute atomic E-state index is 13.9. The standard InChI is InChI=1S/C18H18ClFO/c1-12-6-7-18-13(8-12)9-15(21-18)10-14(11-19)16-4-2-3-5-17(16)20/h2-8,14-15H,9-11H2,1H3. The molecule has 0 aromatic heterocycles. The zero-order valence-electron chi connectivity index (χ0n) is 12.0. The molecule has 0 saturated carbocycles. The van der Waals surface area contributed by atoms with Gasteiger partial charge in [-0.25, -0.2) is 4.39 Å². The second-order valence-corrected chi connectivity index (χ2v) is 5.97. The van der Waals surface area contributed by atoms with Gasteiger partial charge in [0.1, 0.15) is 17.7 Å². The predicted molar refractivity (Wildman–Crippen MR) is 83.8 cm³/mol. The first-order valence-corrected chi connectivity index (χ1v) is 7.77. The minimum Gasteiger partial charge on any atom is -0.490 e. The van der Waals surface area contributed by atoms with Gasteiger partial charge < -0.3 is 4.74 Å². The van der Waals surface area contributed by atoms with Crippen LogP contribution in [0.2, 0.25) is 0 Å². The molecule has 21 heavy (non-hydrogen) atoms. The lowest BCUT2D eigenvalue weighted by atomic mass is 9.92. The van der Waals surface area contributed by atoms with Crippen LogP contribution in [0.4, 0.5) is 4.39 Å². The van der Waals surface area contributed by atoms with Crippen molar-refractivity contribution < 1.29 is 9.13 Å². The second kappa shape index (κ2) is 6.07. The molecule has 0 amide bonds. The third-order valence-electron chi connectivity index (χ3n) is 4.04. The third kappa shape index (κ3) is 3.06. The molecule has 0 spiro atoms. The Morgan fingerprint density at radius 3 is 2.86 bits per heavy atom. The number of hydrogen-bond donors (Lipinski definition) is 0. The monoisotopic (exact) mass is 304 g/mol. The summed E-state index contributed by atoms with van der Waals surface area (Å²) < 4.78 is 19.9. The molecule has 0 radical (unpaired) electrons. The van der Waals surface area contributed by atoms with Gasteiger partial charge in [0, 0.05) is 18.2 Å². The summed E-state index contributed by atoms with van der Waals surface area (Å²) in [7, 11) is 0. The van der Waals surface area contributed by atoms with E-state index in [0.29, 0.717) is 11.4 Å². The Hall–Kier alpha value is -1.54. The summed E-state index contributed by atoms with van der Waals surface area (Å²) in [4.78, 5) is 0. The normalized spacial score (nSPS) is 18.1. The van der Waals surface area contributed by atoms with Gasteiger partial charge in [-0.1, -0.05) is 35.9 Å². The fraction of sp³-hybridized carbons (Fsp3) is 0.333. The van der Waals surface area contributed by atoms with Crippen LogP contribution in [0.5, 0.6) is 5.75 Å². The van der Waals surface area contributed by atoms with Crippen LogP contribution in [0.25, 0.3) is 0 Å². The van der Waals surface area contributed by atoms with Gasteiger partial charge in [0.2, 0.25) is 0 Å². The smallest absolute Gasteiger partial charge is 0.126 e. The number of ether oxygens (including phenoxy) is 1. The van der Waals surface area contributed by atoms with E-state index in [2.05, 4.69) is 19.1 Å². The van der Waals surface area contributed by atoms with Crippen LogP contribution in [0.1, 0.15) is 29.0 Å². The predicted octanol–water partition coefficient (Wildman–Crippen LogP) is 4.85. The molecule has 0 bridgehead atoms. The molecular weight excluding hydrogens is 287 g/mol. The minimum absolute atomic E-state index is 0.0201. The summed E-state index contributed by atoms with van der Waals surface area (Å²) in [5, 5.41) is 0. The molecule has 0 aliphatic carbocycles. The van der Waals surface area contributed by atoms with Crippen molar-refractivity contribution >= 4 is 11.6 Å². The molecule has 2 unspecified atom stereocenters. The first-order valence-electron chi connectivity index (χ1n) is 7.24. The van der Waals surface area contributed by atoms with E-state index in [4.69, 9.17) is 16.3 Å². The van der Waals surface area contributed by atoms with Crippen LogP contribution in [-0.4, -0.2) is 12.0 Å². The van der Waals surface area contributed by atoms with Crippen molar-refractivity contribution in [3.8, 4) is 5.75 Å². The lowest BCUT2D eigenvalue weighted by Gasteiger charge is -2.19. The highest BCUT2D eigenvalue weighted by molar-refractivity contribution is 6.18. The molecule has 1 heterocycles. The van der Waals surface area contributed by atoms with Crippen molar-refractivity contribution in [2.45, 2.75) is 31.8 Å². The van der Waals surface area contributed by atoms with Gasteiger partial charge in [-0.05, 0) is 36.6 Å². The largest absolute Gasteiger partial charge is 0.490 e. The lowest BCUT2D eigenvalue weighted by Crippen LogP contribution is -2.19. The number of aryl methyl sites for hydroxylation is 1. The first kappa shape index (κ1) is 14.4. The van der Waals surface area contributed by atoms with Crippen molar-refractivity contribution in [2.75, 3.05) is 5.88 Å². The van der Waals surface area contributed by atoms with E-state index in [-0.39, 0.29) is 17.8 Å². The van der Waals surface area contributed by atoms with Gasteiger partial charge >= 0.3 is 0 Å². The molecule has 1 aliphatic heterocycles. The van der Waals surface area contributed by atoms with E-state index in [1.807, 2.05) is 18.2 Å². The van der Waals surface area contributed by atoms with E-state index in [1.54, 1.807) is 6.07 Å². The van der Waals surface area contributed by atoms with Gasteiger partial charge in [-0.15, -0.1) is 11.6 Å². The van der Waals surface area contributed by atoms with Crippen LogP contribution < -0.4 is 4.74 Å². The topological polar surface area (TPSA) is 9.23 Å². The molecule has 3 rings (SSSR count). The fourth-order valence-electron chi connectivity index (χ4n) is 2.98. The first-order chi connectivity index (χ1) is 10.2. The average molecular weight is 305 g/mol. The molecule has 2 aromatic rings. The molecular formula is C18H18ClFO. The third-order valence-corrected chi connectivity index (χ3v) is 4.41. The number of fused-ring (bicyclic) bond motifs is 1. The van der Waals surface area contributed by atoms with Crippen molar-refractivity contribution in [3.05, 3.63) is 65.0 Å². The average Bonchev–Trinajstić information content (AvgIpc) is 2.87. The SMILES string of the molecule is Cc1ccc2c(c1)CC(CC(CCl)c1ccccc1F)O2. The highest BCUT2D eigenvalue weighted by atomic mass is 35.5. The van der Waals surface area contributed by atoms with Crippen LogP contribution in [0, 0.1) is 12.7 Å². The summed E-state index contributed by atoms with van der Waals surface area (Å²) in [6.07, 6.45) is 1.68. The Labute approximate surface area is 129 Å². The molecule has 110 valence electrons. The molecule has 2 atom stereocenters. The van der Waals surface area contributed by atoms with Gasteiger partial charge in [-0.2, -0.15) is 0 Å². The Bertz CT molecular complexity index is 641. The number of halogens is 2. The highest BCUT2D eigenvalue weighted by Gasteiger charge is 2.27. The van der Waals surface area contributed by atoms with E-state index < -0.39 is 0 Å². The summed E-state index contributed by atoms with van der Waals surface area (Å²) in [6.45, 7) is 2.08. The van der Waals surface area contributed by atoms with E-state index in [9.17, 15) is 4.39 Å². The molecule has 1 aliphatic rings. The van der Waals surface area contributed by atoms with Gasteiger partial charge in [-0.3, -0.25) is 0 Å². The Kier molecular flexibility index (Phi) is 4.16. The number of hydrogen-bond acceptors (Lipinski definition) is 1. The Morgan fingerprint density at radius 2 is 2.10 bits per heavy atom. The van der Waals surface area contributed by atoms with Gasteiger partial charge in [0.05, 0.1) is 0 Å². The second-order valence-electron chi connectivity index (χ2n) is 5.66. The number of rotatable bonds is 4. The van der Waals surface area contributed by atoms with Crippen LogP contribution in [-0.2, 0) is 6.42 Å². The van der Waals surface area contributed by atoms with Crippen molar-refractivity contribution in [1.82, 2.24) is 0 Å². The zero-order chi connectivity index (χ0) is 14.8. The van der Waals surface area contributed by atoms with Crippen molar-refractivity contribution in [2.24, 2.45) is 0 Å². The summed E-state index contributed by atoms with van der Waals surface area (Å²) >= 11 is 6.07. The summed E-state index contributed by atoms with van der Waals surface area (Å²) in [5.74, 6) is 1.14. The van der Waals surface area contributed by atoms with Crippen LogP contribution >= 0.6 is 11.6 Å². The van der Waals surface area contributed by atoms with Gasteiger partial charge in [0.25, 0.3) is 0 Å².